The molecule has 0 spiro atoms. The molecule has 0 amide bonds. The molecular weight excluding hydrogens is 378 g/mol. The number of aryl methyl sites for hydroxylation is 1. The van der Waals surface area contributed by atoms with Crippen molar-refractivity contribution in [3.63, 3.8) is 0 Å². The van der Waals surface area contributed by atoms with Gasteiger partial charge in [0.05, 0.1) is 23.8 Å². The fourth-order valence-electron chi connectivity index (χ4n) is 1.80. The van der Waals surface area contributed by atoms with Crippen LogP contribution in [0.3, 0.4) is 0 Å². The first-order valence-electron chi connectivity index (χ1n) is 6.14. The molecular formula is C12H16BrN3O3S2. The molecule has 0 unspecified atom stereocenters. The van der Waals surface area contributed by atoms with Crippen molar-refractivity contribution < 1.29 is 12.8 Å². The van der Waals surface area contributed by atoms with Gasteiger partial charge in [-0.15, -0.1) is 11.3 Å². The van der Waals surface area contributed by atoms with E-state index in [1.54, 1.807) is 7.05 Å². The first kappa shape index (κ1) is 16.6. The average Bonchev–Trinajstić information content (AvgIpc) is 2.96. The van der Waals surface area contributed by atoms with Gasteiger partial charge in [-0.25, -0.2) is 13.4 Å². The number of furan rings is 1. The van der Waals surface area contributed by atoms with Gasteiger partial charge in [0, 0.05) is 18.5 Å². The highest BCUT2D eigenvalue weighted by Crippen LogP contribution is 2.29. The Kier molecular flexibility index (Phi) is 5.20. The Labute approximate surface area is 136 Å². The van der Waals surface area contributed by atoms with Crippen LogP contribution in [0.2, 0.25) is 0 Å². The lowest BCUT2D eigenvalue weighted by atomic mass is 10.4. The number of nitrogens with one attached hydrogen (secondary N) is 1. The van der Waals surface area contributed by atoms with Gasteiger partial charge in [-0.1, -0.05) is 0 Å². The predicted octanol–water partition coefficient (Wildman–Crippen LogP) is 2.35. The number of sulfonamides is 1. The number of thiazole rings is 1. The lowest BCUT2D eigenvalue weighted by Crippen LogP contribution is -2.26. The van der Waals surface area contributed by atoms with Crippen molar-refractivity contribution in [1.29, 1.82) is 0 Å². The summed E-state index contributed by atoms with van der Waals surface area (Å²) in [4.78, 5) is 4.41. The Balaban J connectivity index is 2.24. The number of rotatable bonds is 6. The van der Waals surface area contributed by atoms with Gasteiger partial charge < -0.3 is 9.73 Å². The van der Waals surface area contributed by atoms with Gasteiger partial charge in [-0.05, 0) is 29.9 Å². The monoisotopic (exact) mass is 393 g/mol. The van der Waals surface area contributed by atoms with E-state index < -0.39 is 10.0 Å². The zero-order valence-corrected chi connectivity index (χ0v) is 15.1. The van der Waals surface area contributed by atoms with Crippen molar-refractivity contribution >= 4 is 37.3 Å². The summed E-state index contributed by atoms with van der Waals surface area (Å²) in [6, 6.07) is 1.53. The Morgan fingerprint density at radius 1 is 1.52 bits per heavy atom. The van der Waals surface area contributed by atoms with E-state index in [0.29, 0.717) is 12.3 Å². The van der Waals surface area contributed by atoms with Crippen molar-refractivity contribution in [2.75, 3.05) is 14.1 Å². The van der Waals surface area contributed by atoms with Crippen molar-refractivity contribution in [3.8, 4) is 0 Å². The fraction of sp³-hybridized carbons (Fsp3) is 0.417. The summed E-state index contributed by atoms with van der Waals surface area (Å²) in [5, 5.41) is 5.69. The van der Waals surface area contributed by atoms with Crippen LogP contribution in [0.4, 0.5) is 0 Å². The molecule has 9 heteroatoms. The third kappa shape index (κ3) is 3.72. The number of aromatic nitrogens is 1. The zero-order valence-electron chi connectivity index (χ0n) is 11.9. The highest BCUT2D eigenvalue weighted by atomic mass is 79.9. The molecule has 2 aromatic heterocycles. The second kappa shape index (κ2) is 6.57. The van der Waals surface area contributed by atoms with Crippen molar-refractivity contribution in [3.05, 3.63) is 32.6 Å². The number of halogens is 1. The quantitative estimate of drug-likeness (QED) is 0.814. The maximum absolute atomic E-state index is 12.6. The molecule has 0 aliphatic rings. The van der Waals surface area contributed by atoms with E-state index in [1.165, 1.54) is 28.8 Å². The maximum atomic E-state index is 12.6. The van der Waals surface area contributed by atoms with E-state index >= 15 is 0 Å². The highest BCUT2D eigenvalue weighted by molar-refractivity contribution is 9.10. The van der Waals surface area contributed by atoms with Crippen molar-refractivity contribution in [1.82, 2.24) is 14.6 Å². The Bertz CT molecular complexity index is 724. The summed E-state index contributed by atoms with van der Waals surface area (Å²) in [5.41, 5.74) is 0.735. The van der Waals surface area contributed by atoms with Crippen LogP contribution in [0.15, 0.2) is 25.4 Å². The molecule has 0 aromatic carbocycles. The average molecular weight is 394 g/mol. The van der Waals surface area contributed by atoms with E-state index in [9.17, 15) is 8.42 Å². The molecule has 0 atom stereocenters. The fourth-order valence-corrected chi connectivity index (χ4v) is 4.50. The van der Waals surface area contributed by atoms with Crippen LogP contribution in [-0.2, 0) is 23.1 Å². The molecule has 0 aliphatic heterocycles. The van der Waals surface area contributed by atoms with E-state index in [2.05, 4.69) is 26.2 Å². The summed E-state index contributed by atoms with van der Waals surface area (Å²) in [7, 11) is -0.332. The largest absolute Gasteiger partial charge is 0.452 e. The molecule has 2 heterocycles. The normalized spacial score (nSPS) is 12.2. The van der Waals surface area contributed by atoms with Crippen LogP contribution in [0.25, 0.3) is 0 Å². The molecule has 2 rings (SSSR count). The van der Waals surface area contributed by atoms with Gasteiger partial charge in [-0.2, -0.15) is 4.31 Å². The lowest BCUT2D eigenvalue weighted by Gasteiger charge is -2.14. The zero-order chi connectivity index (χ0) is 15.6. The minimum atomic E-state index is -3.63. The molecule has 0 aliphatic carbocycles. The Morgan fingerprint density at radius 2 is 2.24 bits per heavy atom. The molecule has 0 saturated heterocycles. The molecule has 0 fully saturated rings. The van der Waals surface area contributed by atoms with Gasteiger partial charge in [-0.3, -0.25) is 0 Å². The molecule has 1 N–H and O–H groups in total. The van der Waals surface area contributed by atoms with Crippen LogP contribution in [0.1, 0.15) is 16.5 Å². The molecule has 6 nitrogen and oxygen atoms in total. The third-order valence-corrected chi connectivity index (χ3v) is 6.28. The van der Waals surface area contributed by atoms with Gasteiger partial charge in [0.2, 0.25) is 10.0 Å². The van der Waals surface area contributed by atoms with E-state index in [1.807, 2.05) is 12.3 Å². The molecule has 0 saturated carbocycles. The van der Waals surface area contributed by atoms with Gasteiger partial charge >= 0.3 is 0 Å². The topological polar surface area (TPSA) is 75.4 Å². The number of hydrogen-bond acceptors (Lipinski definition) is 6. The maximum Gasteiger partial charge on any atom is 0.247 e. The van der Waals surface area contributed by atoms with Crippen LogP contribution in [0.5, 0.6) is 0 Å². The Hall–Kier alpha value is -0.740. The number of nitrogens with zero attached hydrogens (tertiary/aromatic N) is 2. The van der Waals surface area contributed by atoms with Gasteiger partial charge in [0.15, 0.2) is 4.67 Å². The first-order chi connectivity index (χ1) is 9.84. The molecule has 0 radical (unpaired) electrons. The standard InChI is InChI=1S/C12H16BrN3O3S2/c1-8-15-9(7-20-8)6-16(3)21(17,18)11-4-10(5-14-2)19-12(11)13/h4,7,14H,5-6H2,1-3H3. The van der Waals surface area contributed by atoms with E-state index in [4.69, 9.17) is 4.42 Å². The van der Waals surface area contributed by atoms with Crippen LogP contribution in [0, 0.1) is 6.92 Å². The summed E-state index contributed by atoms with van der Waals surface area (Å²) in [6.07, 6.45) is 0. The summed E-state index contributed by atoms with van der Waals surface area (Å²) >= 11 is 4.67. The lowest BCUT2D eigenvalue weighted by molar-refractivity contribution is 0.452. The van der Waals surface area contributed by atoms with Crippen molar-refractivity contribution in [2.45, 2.75) is 24.9 Å². The molecule has 0 bridgehead atoms. The summed E-state index contributed by atoms with van der Waals surface area (Å²) < 4.78 is 32.0. The third-order valence-electron chi connectivity index (χ3n) is 2.80. The van der Waals surface area contributed by atoms with Crippen LogP contribution in [-0.4, -0.2) is 31.8 Å². The van der Waals surface area contributed by atoms with E-state index in [-0.39, 0.29) is 16.1 Å². The van der Waals surface area contributed by atoms with Gasteiger partial charge in [0.25, 0.3) is 0 Å². The second-order valence-electron chi connectivity index (χ2n) is 4.50. The smallest absolute Gasteiger partial charge is 0.247 e. The number of hydrogen-bond donors (Lipinski definition) is 1. The van der Waals surface area contributed by atoms with Crippen molar-refractivity contribution in [2.24, 2.45) is 0 Å². The second-order valence-corrected chi connectivity index (χ2v) is 8.30. The highest BCUT2D eigenvalue weighted by Gasteiger charge is 2.27. The SMILES string of the molecule is CNCc1cc(S(=O)(=O)N(C)Cc2csc(C)n2)c(Br)o1. The molecule has 116 valence electrons. The molecule has 2 aromatic rings. The minimum Gasteiger partial charge on any atom is -0.452 e. The van der Waals surface area contributed by atoms with Crippen LogP contribution >= 0.6 is 27.3 Å². The van der Waals surface area contributed by atoms with E-state index in [0.717, 1.165) is 10.7 Å². The van der Waals surface area contributed by atoms with Gasteiger partial charge in [0.1, 0.15) is 10.7 Å². The summed E-state index contributed by atoms with van der Waals surface area (Å²) in [6.45, 7) is 2.58. The first-order valence-corrected chi connectivity index (χ1v) is 9.26. The molecule has 21 heavy (non-hydrogen) atoms. The predicted molar refractivity (Wildman–Crippen MR) is 84.7 cm³/mol. The summed E-state index contributed by atoms with van der Waals surface area (Å²) in [5.74, 6) is 0.556. The Morgan fingerprint density at radius 3 is 2.81 bits per heavy atom. The van der Waals surface area contributed by atoms with Crippen LogP contribution < -0.4 is 5.32 Å². The minimum absolute atomic E-state index is 0.127.